The van der Waals surface area contributed by atoms with Crippen LogP contribution in [0.5, 0.6) is 0 Å². The molecule has 0 aliphatic rings. The van der Waals surface area contributed by atoms with Gasteiger partial charge in [0, 0.05) is 29.0 Å². The molecule has 0 spiro atoms. The van der Waals surface area contributed by atoms with E-state index in [1.54, 1.807) is 11.0 Å². The highest BCUT2D eigenvalue weighted by molar-refractivity contribution is 5.75. The number of benzene rings is 1. The van der Waals surface area contributed by atoms with Gasteiger partial charge in [0.15, 0.2) is 5.65 Å². The Kier molecular flexibility index (Phi) is 2.50. The van der Waals surface area contributed by atoms with Gasteiger partial charge in [-0.25, -0.2) is 9.66 Å². The molecule has 5 heteroatoms. The lowest BCUT2D eigenvalue weighted by Crippen LogP contribution is -2.08. The Morgan fingerprint density at radius 3 is 2.67 bits per heavy atom. The Labute approximate surface area is 121 Å². The molecule has 21 heavy (non-hydrogen) atoms. The second-order valence-corrected chi connectivity index (χ2v) is 4.85. The second-order valence-electron chi connectivity index (χ2n) is 4.85. The molecule has 0 fully saturated rings. The van der Waals surface area contributed by atoms with Crippen LogP contribution in [0.2, 0.25) is 0 Å². The van der Waals surface area contributed by atoms with Crippen LogP contribution < -0.4 is 5.73 Å². The molecule has 5 nitrogen and oxygen atoms in total. The van der Waals surface area contributed by atoms with Gasteiger partial charge in [-0.1, -0.05) is 12.1 Å². The number of nitrogens with two attached hydrogens (primary N) is 1. The molecule has 0 amide bonds. The molecular weight excluding hydrogens is 262 g/mol. The number of hydrogen-bond donors (Lipinski definition) is 1. The third-order valence-electron chi connectivity index (χ3n) is 3.46. The quantitative estimate of drug-likeness (QED) is 0.572. The average Bonchev–Trinajstić information content (AvgIpc) is 3.14. The van der Waals surface area contributed by atoms with E-state index in [1.165, 1.54) is 0 Å². The molecule has 3 aromatic heterocycles. The van der Waals surface area contributed by atoms with Gasteiger partial charge >= 0.3 is 0 Å². The van der Waals surface area contributed by atoms with E-state index in [2.05, 4.69) is 10.1 Å². The summed E-state index contributed by atoms with van der Waals surface area (Å²) in [7, 11) is 0. The van der Waals surface area contributed by atoms with Crippen LogP contribution in [0.4, 0.5) is 5.69 Å². The van der Waals surface area contributed by atoms with Crippen molar-refractivity contribution >= 4 is 16.7 Å². The maximum Gasteiger partial charge on any atom is 0.160 e. The van der Waals surface area contributed by atoms with Crippen LogP contribution in [0.15, 0.2) is 67.3 Å². The van der Waals surface area contributed by atoms with Crippen molar-refractivity contribution in [1.82, 2.24) is 19.5 Å². The van der Waals surface area contributed by atoms with E-state index < -0.39 is 0 Å². The summed E-state index contributed by atoms with van der Waals surface area (Å²) >= 11 is 0. The lowest BCUT2D eigenvalue weighted by atomic mass is 10.1. The predicted molar refractivity (Wildman–Crippen MR) is 82.6 cm³/mol. The first-order chi connectivity index (χ1) is 10.3. The van der Waals surface area contributed by atoms with Gasteiger partial charge in [0.05, 0.1) is 12.4 Å². The van der Waals surface area contributed by atoms with Crippen molar-refractivity contribution in [3.63, 3.8) is 0 Å². The average molecular weight is 275 g/mol. The Morgan fingerprint density at radius 2 is 1.81 bits per heavy atom. The van der Waals surface area contributed by atoms with Gasteiger partial charge in [0.25, 0.3) is 0 Å². The monoisotopic (exact) mass is 275 g/mol. The van der Waals surface area contributed by atoms with Crippen LogP contribution in [0, 0.1) is 0 Å². The predicted octanol–water partition coefficient (Wildman–Crippen LogP) is 2.79. The minimum Gasteiger partial charge on any atom is -0.399 e. The molecule has 0 aliphatic carbocycles. The first-order valence-electron chi connectivity index (χ1n) is 6.64. The first-order valence-corrected chi connectivity index (χ1v) is 6.64. The highest BCUT2D eigenvalue weighted by Gasteiger charge is 2.06. The molecule has 0 unspecified atom stereocenters. The summed E-state index contributed by atoms with van der Waals surface area (Å²) in [6.07, 6.45) is 7.54. The Morgan fingerprint density at radius 1 is 0.952 bits per heavy atom. The highest BCUT2D eigenvalue weighted by Crippen LogP contribution is 2.20. The topological polar surface area (TPSA) is 61.7 Å². The van der Waals surface area contributed by atoms with Crippen LogP contribution in [-0.2, 0) is 0 Å². The molecule has 0 radical (unpaired) electrons. The van der Waals surface area contributed by atoms with Crippen molar-refractivity contribution in [3.8, 4) is 11.1 Å². The lowest BCUT2D eigenvalue weighted by Gasteiger charge is -2.03. The van der Waals surface area contributed by atoms with E-state index in [0.29, 0.717) is 0 Å². The van der Waals surface area contributed by atoms with Gasteiger partial charge < -0.3 is 5.73 Å². The Balaban J connectivity index is 1.79. The van der Waals surface area contributed by atoms with E-state index in [0.717, 1.165) is 27.8 Å². The number of nitrogen functional groups attached to an aromatic ring is 1. The number of hydrogen-bond acceptors (Lipinski definition) is 3. The summed E-state index contributed by atoms with van der Waals surface area (Å²) in [6, 6.07) is 13.7. The van der Waals surface area contributed by atoms with Gasteiger partial charge in [-0.3, -0.25) is 0 Å². The SMILES string of the molecule is Nc1ccc(-c2cnn(-n3ccc4cccnc43)c2)cc1. The zero-order chi connectivity index (χ0) is 14.2. The van der Waals surface area contributed by atoms with Gasteiger partial charge in [0.1, 0.15) is 0 Å². The third kappa shape index (κ3) is 1.95. The van der Waals surface area contributed by atoms with Gasteiger partial charge in [-0.05, 0) is 35.9 Å². The molecule has 0 atom stereocenters. The molecule has 4 aromatic rings. The molecular formula is C16H13N5. The van der Waals surface area contributed by atoms with Crippen LogP contribution in [0.3, 0.4) is 0 Å². The largest absolute Gasteiger partial charge is 0.399 e. The van der Waals surface area contributed by atoms with E-state index in [-0.39, 0.29) is 0 Å². The van der Waals surface area contributed by atoms with E-state index in [1.807, 2.05) is 65.7 Å². The number of pyridine rings is 1. The normalized spacial score (nSPS) is 11.0. The minimum atomic E-state index is 0.756. The number of aromatic nitrogens is 4. The van der Waals surface area contributed by atoms with Gasteiger partial charge in [0.2, 0.25) is 0 Å². The molecule has 0 aliphatic heterocycles. The number of rotatable bonds is 2. The zero-order valence-corrected chi connectivity index (χ0v) is 11.2. The van der Waals surface area contributed by atoms with Crippen LogP contribution in [-0.4, -0.2) is 19.5 Å². The molecule has 3 heterocycles. The van der Waals surface area contributed by atoms with E-state index in [4.69, 9.17) is 5.73 Å². The molecule has 1 aromatic carbocycles. The molecule has 4 rings (SSSR count). The van der Waals surface area contributed by atoms with Crippen molar-refractivity contribution in [1.29, 1.82) is 0 Å². The zero-order valence-electron chi connectivity index (χ0n) is 11.2. The van der Waals surface area contributed by atoms with Crippen molar-refractivity contribution in [3.05, 3.63) is 67.3 Å². The lowest BCUT2D eigenvalue weighted by molar-refractivity contribution is 0.591. The minimum absolute atomic E-state index is 0.756. The molecule has 102 valence electrons. The summed E-state index contributed by atoms with van der Waals surface area (Å²) in [5.74, 6) is 0. The van der Waals surface area contributed by atoms with Crippen molar-refractivity contribution in [2.45, 2.75) is 0 Å². The van der Waals surface area contributed by atoms with Crippen molar-refractivity contribution < 1.29 is 0 Å². The first kappa shape index (κ1) is 11.7. The van der Waals surface area contributed by atoms with Crippen LogP contribution in [0.25, 0.3) is 22.2 Å². The molecule has 2 N–H and O–H groups in total. The van der Waals surface area contributed by atoms with Gasteiger partial charge in [-0.2, -0.15) is 9.89 Å². The number of fused-ring (bicyclic) bond motifs is 1. The summed E-state index contributed by atoms with van der Waals surface area (Å²) in [5, 5.41) is 5.50. The standard InChI is InChI=1S/C16H13N5/c17-15-5-3-12(4-6-15)14-10-19-21(11-14)20-9-7-13-2-1-8-18-16(13)20/h1-11H,17H2. The van der Waals surface area contributed by atoms with Crippen LogP contribution in [0.1, 0.15) is 0 Å². The maximum atomic E-state index is 5.72. The van der Waals surface area contributed by atoms with E-state index >= 15 is 0 Å². The maximum absolute atomic E-state index is 5.72. The second kappa shape index (κ2) is 4.49. The Hall–Kier alpha value is -3.08. The van der Waals surface area contributed by atoms with E-state index in [9.17, 15) is 0 Å². The number of anilines is 1. The van der Waals surface area contributed by atoms with Gasteiger partial charge in [-0.15, -0.1) is 0 Å². The van der Waals surface area contributed by atoms with Crippen molar-refractivity contribution in [2.75, 3.05) is 5.73 Å². The fourth-order valence-electron chi connectivity index (χ4n) is 2.37. The smallest absolute Gasteiger partial charge is 0.160 e. The summed E-state index contributed by atoms with van der Waals surface area (Å²) in [6.45, 7) is 0. The summed E-state index contributed by atoms with van der Waals surface area (Å²) in [4.78, 5) is 6.18. The summed E-state index contributed by atoms with van der Waals surface area (Å²) < 4.78 is 1.91. The Bertz CT molecular complexity index is 902. The fraction of sp³-hybridized carbons (Fsp3) is 0. The third-order valence-corrected chi connectivity index (χ3v) is 3.46. The molecule has 0 saturated heterocycles. The van der Waals surface area contributed by atoms with Crippen LogP contribution >= 0.6 is 0 Å². The molecule has 0 saturated carbocycles. The number of nitrogens with zero attached hydrogens (tertiary/aromatic N) is 4. The fourth-order valence-corrected chi connectivity index (χ4v) is 2.37. The molecule has 0 bridgehead atoms. The van der Waals surface area contributed by atoms with Crippen molar-refractivity contribution in [2.24, 2.45) is 0 Å². The highest BCUT2D eigenvalue weighted by atomic mass is 15.6. The summed E-state index contributed by atoms with van der Waals surface area (Å²) in [5.41, 5.74) is 9.47.